The van der Waals surface area contributed by atoms with Crippen LogP contribution in [-0.4, -0.2) is 0 Å². The Hall–Kier alpha value is 0.0600. The van der Waals surface area contributed by atoms with Crippen molar-refractivity contribution in [3.05, 3.63) is 22.2 Å². The van der Waals surface area contributed by atoms with Crippen LogP contribution in [0.15, 0.2) is 22.2 Å². The van der Waals surface area contributed by atoms with Gasteiger partial charge in [-0.3, -0.25) is 0 Å². The predicted octanol–water partition coefficient (Wildman–Crippen LogP) is 4.44. The van der Waals surface area contributed by atoms with E-state index in [2.05, 4.69) is 19.9 Å². The molecule has 0 bridgehead atoms. The molecule has 1 unspecified atom stereocenters. The number of halogens is 2. The van der Waals surface area contributed by atoms with E-state index in [0.29, 0.717) is 4.49 Å². The maximum Gasteiger partial charge on any atom is 0.103 e. The van der Waals surface area contributed by atoms with Gasteiger partial charge in [0.1, 0.15) is 4.49 Å². The number of hydrogen-bond donors (Lipinski definition) is 0. The van der Waals surface area contributed by atoms with Crippen LogP contribution in [-0.2, 0) is 0 Å². The molecule has 0 saturated carbocycles. The molecule has 1 aliphatic rings. The average Bonchev–Trinajstić information content (AvgIpc) is 1.94. The van der Waals surface area contributed by atoms with Crippen LogP contribution in [0, 0.1) is 5.41 Å². The Bertz CT molecular complexity index is 224. The summed E-state index contributed by atoms with van der Waals surface area (Å²) in [5.41, 5.74) is 1.48. The van der Waals surface area contributed by atoms with Gasteiger partial charge in [-0.25, -0.2) is 0 Å². The fourth-order valence-corrected chi connectivity index (χ4v) is 2.13. The van der Waals surface area contributed by atoms with Crippen molar-refractivity contribution in [2.45, 2.75) is 33.1 Å². The Balaban J connectivity index is 2.89. The van der Waals surface area contributed by atoms with Crippen molar-refractivity contribution < 1.29 is 0 Å². The van der Waals surface area contributed by atoms with Crippen molar-refractivity contribution in [3.8, 4) is 0 Å². The number of rotatable bonds is 1. The Morgan fingerprint density at radius 3 is 2.75 bits per heavy atom. The lowest BCUT2D eigenvalue weighted by molar-refractivity contribution is 0.429. The molecule has 1 atom stereocenters. The van der Waals surface area contributed by atoms with E-state index in [-0.39, 0.29) is 5.41 Å². The summed E-state index contributed by atoms with van der Waals surface area (Å²) < 4.78 is 0.382. The van der Waals surface area contributed by atoms with Gasteiger partial charge < -0.3 is 0 Å². The summed E-state index contributed by atoms with van der Waals surface area (Å²) >= 11 is 11.3. The van der Waals surface area contributed by atoms with Gasteiger partial charge in [-0.15, -0.1) is 0 Å². The van der Waals surface area contributed by atoms with Crippen molar-refractivity contribution >= 4 is 23.2 Å². The predicted molar refractivity (Wildman–Crippen MR) is 55.5 cm³/mol. The average molecular weight is 205 g/mol. The fraction of sp³-hybridized carbons (Fsp3) is 0.600. The zero-order valence-corrected chi connectivity index (χ0v) is 9.04. The molecule has 1 rings (SSSR count). The van der Waals surface area contributed by atoms with Crippen LogP contribution in [0.25, 0.3) is 0 Å². The normalized spacial score (nSPS) is 29.5. The van der Waals surface area contributed by atoms with Crippen molar-refractivity contribution in [2.75, 3.05) is 0 Å². The van der Waals surface area contributed by atoms with E-state index in [9.17, 15) is 0 Å². The summed E-state index contributed by atoms with van der Waals surface area (Å²) in [7, 11) is 0. The highest BCUT2D eigenvalue weighted by Crippen LogP contribution is 2.39. The van der Waals surface area contributed by atoms with Crippen LogP contribution in [0.3, 0.4) is 0 Å². The van der Waals surface area contributed by atoms with Crippen molar-refractivity contribution in [2.24, 2.45) is 5.41 Å². The third kappa shape index (κ3) is 2.27. The fourth-order valence-electron chi connectivity index (χ4n) is 1.65. The minimum atomic E-state index is 0.0943. The lowest BCUT2D eigenvalue weighted by Gasteiger charge is -2.30. The Labute approximate surface area is 84.2 Å². The first-order valence-corrected chi connectivity index (χ1v) is 5.01. The van der Waals surface area contributed by atoms with Crippen LogP contribution in [0.4, 0.5) is 0 Å². The molecule has 0 aromatic carbocycles. The molecule has 68 valence electrons. The zero-order chi connectivity index (χ0) is 9.19. The third-order valence-electron chi connectivity index (χ3n) is 2.68. The maximum absolute atomic E-state index is 5.67. The van der Waals surface area contributed by atoms with E-state index in [4.69, 9.17) is 23.2 Å². The summed E-state index contributed by atoms with van der Waals surface area (Å²) in [4.78, 5) is 0. The second-order valence-electron chi connectivity index (χ2n) is 3.63. The summed E-state index contributed by atoms with van der Waals surface area (Å²) in [6, 6.07) is 0. The summed E-state index contributed by atoms with van der Waals surface area (Å²) in [5.74, 6) is 0. The van der Waals surface area contributed by atoms with Gasteiger partial charge >= 0.3 is 0 Å². The van der Waals surface area contributed by atoms with Gasteiger partial charge in [-0.2, -0.15) is 0 Å². The van der Waals surface area contributed by atoms with Crippen LogP contribution in [0.5, 0.6) is 0 Å². The molecule has 0 fully saturated rings. The monoisotopic (exact) mass is 204 g/mol. The molecule has 0 N–H and O–H groups in total. The van der Waals surface area contributed by atoms with Gasteiger partial charge in [0.25, 0.3) is 0 Å². The molecule has 2 heteroatoms. The highest BCUT2D eigenvalue weighted by atomic mass is 35.5. The van der Waals surface area contributed by atoms with Gasteiger partial charge in [0, 0.05) is 5.41 Å². The quantitative estimate of drug-likeness (QED) is 0.555. The topological polar surface area (TPSA) is 0 Å². The molecule has 0 spiro atoms. The summed E-state index contributed by atoms with van der Waals surface area (Å²) in [6.45, 7) is 4.33. The Morgan fingerprint density at radius 1 is 1.58 bits per heavy atom. The molecule has 0 aromatic rings. The van der Waals surface area contributed by atoms with Gasteiger partial charge in [-0.05, 0) is 32.3 Å². The highest BCUT2D eigenvalue weighted by Gasteiger charge is 2.25. The smallest absolute Gasteiger partial charge is 0.0847 e. The number of allylic oxidation sites excluding steroid dienone is 3. The number of hydrogen-bond acceptors (Lipinski definition) is 0. The Morgan fingerprint density at radius 2 is 2.25 bits per heavy atom. The van der Waals surface area contributed by atoms with Crippen LogP contribution >= 0.6 is 23.2 Å². The molecule has 0 aliphatic heterocycles. The molecule has 0 radical (unpaired) electrons. The summed E-state index contributed by atoms with van der Waals surface area (Å²) in [6.07, 6.45) is 7.79. The molecular formula is C10H14Cl2. The third-order valence-corrected chi connectivity index (χ3v) is 2.90. The first kappa shape index (κ1) is 10.1. The highest BCUT2D eigenvalue weighted by molar-refractivity contribution is 6.55. The first-order chi connectivity index (χ1) is 5.54. The molecule has 12 heavy (non-hydrogen) atoms. The molecule has 0 nitrogen and oxygen atoms in total. The maximum atomic E-state index is 5.67. The van der Waals surface area contributed by atoms with E-state index in [1.54, 1.807) is 0 Å². The Kier molecular flexibility index (Phi) is 3.25. The van der Waals surface area contributed by atoms with E-state index >= 15 is 0 Å². The molecule has 0 amide bonds. The minimum absolute atomic E-state index is 0.0943. The van der Waals surface area contributed by atoms with E-state index in [1.807, 2.05) is 6.08 Å². The van der Waals surface area contributed by atoms with E-state index in [1.165, 1.54) is 18.4 Å². The van der Waals surface area contributed by atoms with Crippen LogP contribution in [0.1, 0.15) is 33.1 Å². The summed E-state index contributed by atoms with van der Waals surface area (Å²) in [5, 5.41) is 0. The standard InChI is InChI=1S/C10H14Cl2/c1-8-5-3-4-6-10(8,2)7-9(11)12/h5,7H,3-4,6H2,1-2H3. The molecule has 1 aliphatic carbocycles. The molecule has 0 heterocycles. The lowest BCUT2D eigenvalue weighted by atomic mass is 9.75. The molecular weight excluding hydrogens is 191 g/mol. The van der Waals surface area contributed by atoms with E-state index in [0.717, 1.165) is 6.42 Å². The minimum Gasteiger partial charge on any atom is -0.0847 e. The van der Waals surface area contributed by atoms with Crippen molar-refractivity contribution in [3.63, 3.8) is 0 Å². The van der Waals surface area contributed by atoms with Crippen LogP contribution < -0.4 is 0 Å². The van der Waals surface area contributed by atoms with Crippen molar-refractivity contribution in [1.29, 1.82) is 0 Å². The van der Waals surface area contributed by atoms with E-state index < -0.39 is 0 Å². The largest absolute Gasteiger partial charge is 0.103 e. The second kappa shape index (κ2) is 3.85. The second-order valence-corrected chi connectivity index (χ2v) is 4.64. The first-order valence-electron chi connectivity index (χ1n) is 4.26. The van der Waals surface area contributed by atoms with Gasteiger partial charge in [0.2, 0.25) is 0 Å². The SMILES string of the molecule is CC1=CCCCC1(C)C=C(Cl)Cl. The van der Waals surface area contributed by atoms with Gasteiger partial charge in [0.05, 0.1) is 0 Å². The molecule has 0 aromatic heterocycles. The van der Waals surface area contributed by atoms with Crippen LogP contribution in [0.2, 0.25) is 0 Å². The molecule has 0 saturated heterocycles. The zero-order valence-electron chi connectivity index (χ0n) is 7.53. The van der Waals surface area contributed by atoms with Gasteiger partial charge in [0.15, 0.2) is 0 Å². The lowest BCUT2D eigenvalue weighted by Crippen LogP contribution is -2.17. The van der Waals surface area contributed by atoms with Crippen molar-refractivity contribution in [1.82, 2.24) is 0 Å². The van der Waals surface area contributed by atoms with Gasteiger partial charge in [-0.1, -0.05) is 41.8 Å².